The van der Waals surface area contributed by atoms with Crippen molar-refractivity contribution in [2.75, 3.05) is 5.75 Å². The van der Waals surface area contributed by atoms with Gasteiger partial charge in [0.25, 0.3) is 0 Å². The number of aromatic nitrogens is 4. The Morgan fingerprint density at radius 2 is 2.29 bits per heavy atom. The van der Waals surface area contributed by atoms with Crippen LogP contribution in [0.4, 0.5) is 0 Å². The number of thiophene rings is 1. The first-order valence-electron chi connectivity index (χ1n) is 7.25. The number of fused-ring (bicyclic) bond motifs is 5. The summed E-state index contributed by atoms with van der Waals surface area (Å²) >= 11 is 3.51. The van der Waals surface area contributed by atoms with E-state index in [1.807, 2.05) is 17.4 Å². The zero-order chi connectivity index (χ0) is 14.4. The van der Waals surface area contributed by atoms with E-state index in [1.165, 1.54) is 28.7 Å². The number of rotatable bonds is 4. The molecule has 3 aromatic heterocycles. The fourth-order valence-electron chi connectivity index (χ4n) is 3.00. The molecule has 0 radical (unpaired) electrons. The topological polar surface area (TPSA) is 43.1 Å². The molecule has 0 aliphatic heterocycles. The van der Waals surface area contributed by atoms with Crippen molar-refractivity contribution in [2.45, 2.75) is 37.8 Å². The van der Waals surface area contributed by atoms with E-state index >= 15 is 0 Å². The third kappa shape index (κ3) is 1.92. The van der Waals surface area contributed by atoms with Crippen LogP contribution in [0.5, 0.6) is 0 Å². The highest BCUT2D eigenvalue weighted by molar-refractivity contribution is 7.99. The highest BCUT2D eigenvalue weighted by Crippen LogP contribution is 2.39. The van der Waals surface area contributed by atoms with Gasteiger partial charge < -0.3 is 0 Å². The maximum Gasteiger partial charge on any atom is 0.197 e. The Hall–Kier alpha value is -1.40. The molecule has 0 aromatic carbocycles. The summed E-state index contributed by atoms with van der Waals surface area (Å²) in [7, 11) is 0. The summed E-state index contributed by atoms with van der Waals surface area (Å²) in [5, 5.41) is 11.0. The van der Waals surface area contributed by atoms with E-state index in [-0.39, 0.29) is 0 Å². The van der Waals surface area contributed by atoms with E-state index in [2.05, 4.69) is 28.1 Å². The molecule has 0 amide bonds. The summed E-state index contributed by atoms with van der Waals surface area (Å²) in [5.74, 6) is 1.89. The van der Waals surface area contributed by atoms with Gasteiger partial charge in [-0.1, -0.05) is 24.8 Å². The molecule has 0 saturated heterocycles. The van der Waals surface area contributed by atoms with Crippen LogP contribution in [0.1, 0.15) is 29.6 Å². The third-order valence-corrected chi connectivity index (χ3v) is 6.01. The molecule has 21 heavy (non-hydrogen) atoms. The predicted molar refractivity (Wildman–Crippen MR) is 88.5 cm³/mol. The average molecular weight is 316 g/mol. The summed E-state index contributed by atoms with van der Waals surface area (Å²) in [6.45, 7) is 5.92. The fraction of sp³-hybridized carbons (Fsp3) is 0.400. The predicted octanol–water partition coefficient (Wildman–Crippen LogP) is 3.67. The van der Waals surface area contributed by atoms with Crippen molar-refractivity contribution in [3.05, 3.63) is 28.9 Å². The second-order valence-corrected chi connectivity index (χ2v) is 7.23. The van der Waals surface area contributed by atoms with Gasteiger partial charge in [-0.15, -0.1) is 28.1 Å². The largest absolute Gasteiger partial charge is 0.257 e. The van der Waals surface area contributed by atoms with Gasteiger partial charge >= 0.3 is 0 Å². The molecule has 6 heteroatoms. The zero-order valence-corrected chi connectivity index (χ0v) is 13.6. The van der Waals surface area contributed by atoms with Gasteiger partial charge in [-0.05, 0) is 24.8 Å². The molecule has 0 atom stereocenters. The quantitative estimate of drug-likeness (QED) is 0.544. The van der Waals surface area contributed by atoms with Crippen molar-refractivity contribution in [2.24, 2.45) is 0 Å². The van der Waals surface area contributed by atoms with Gasteiger partial charge in [-0.25, -0.2) is 4.98 Å². The van der Waals surface area contributed by atoms with Crippen LogP contribution in [0.15, 0.2) is 17.8 Å². The van der Waals surface area contributed by atoms with Crippen LogP contribution in [-0.4, -0.2) is 25.3 Å². The lowest BCUT2D eigenvalue weighted by atomic mass is 10.2. The maximum absolute atomic E-state index is 4.89. The van der Waals surface area contributed by atoms with E-state index in [0.717, 1.165) is 40.1 Å². The first-order chi connectivity index (χ1) is 10.3. The minimum absolute atomic E-state index is 0.837. The lowest BCUT2D eigenvalue weighted by Gasteiger charge is -2.05. The van der Waals surface area contributed by atoms with Crippen molar-refractivity contribution in [3.8, 4) is 0 Å². The van der Waals surface area contributed by atoms with Crippen LogP contribution >= 0.6 is 23.1 Å². The van der Waals surface area contributed by atoms with Gasteiger partial charge in [0.1, 0.15) is 10.7 Å². The van der Waals surface area contributed by atoms with Crippen molar-refractivity contribution < 1.29 is 0 Å². The highest BCUT2D eigenvalue weighted by atomic mass is 32.2. The minimum atomic E-state index is 0.837. The lowest BCUT2D eigenvalue weighted by Crippen LogP contribution is -2.01. The lowest BCUT2D eigenvalue weighted by molar-refractivity contribution is 0.829. The molecular weight excluding hydrogens is 300 g/mol. The van der Waals surface area contributed by atoms with Crippen molar-refractivity contribution in [3.63, 3.8) is 0 Å². The molecule has 0 saturated carbocycles. The average Bonchev–Trinajstić information content (AvgIpc) is 3.17. The molecule has 1 aliphatic rings. The molecule has 0 bridgehead atoms. The molecule has 3 heterocycles. The third-order valence-electron chi connectivity index (χ3n) is 3.89. The van der Waals surface area contributed by atoms with Crippen LogP contribution in [0.25, 0.3) is 15.9 Å². The van der Waals surface area contributed by atoms with Crippen LogP contribution < -0.4 is 0 Å². The Kier molecular flexibility index (Phi) is 3.23. The molecule has 0 N–H and O–H groups in total. The number of thioether (sulfide) groups is 1. The fourth-order valence-corrected chi connectivity index (χ4v) is 4.96. The molecule has 4 rings (SSSR count). The van der Waals surface area contributed by atoms with Gasteiger partial charge in [0.05, 0.1) is 5.39 Å². The number of hydrogen-bond acceptors (Lipinski definition) is 5. The second-order valence-electron chi connectivity index (χ2n) is 5.16. The van der Waals surface area contributed by atoms with E-state index in [0.29, 0.717) is 0 Å². The SMILES string of the molecule is C=CCSc1nnc2c3c4c(sc3nc(CC)n12)CCC4. The molecule has 108 valence electrons. The van der Waals surface area contributed by atoms with Crippen molar-refractivity contribution in [1.29, 1.82) is 0 Å². The normalized spacial score (nSPS) is 14.1. The summed E-state index contributed by atoms with van der Waals surface area (Å²) in [6, 6.07) is 0. The van der Waals surface area contributed by atoms with Gasteiger partial charge in [0, 0.05) is 17.1 Å². The summed E-state index contributed by atoms with van der Waals surface area (Å²) in [6.07, 6.45) is 6.38. The molecule has 1 aliphatic carbocycles. The van der Waals surface area contributed by atoms with Gasteiger partial charge in [0.2, 0.25) is 0 Å². The molecule has 0 unspecified atom stereocenters. The van der Waals surface area contributed by atoms with E-state index in [1.54, 1.807) is 11.8 Å². The Morgan fingerprint density at radius 3 is 3.10 bits per heavy atom. The first kappa shape index (κ1) is 13.3. The van der Waals surface area contributed by atoms with E-state index in [4.69, 9.17) is 4.98 Å². The standard InChI is InChI=1S/C15H16N4S2/c1-3-8-20-15-18-17-13-12-9-6-5-7-10(9)21-14(12)16-11(4-2)19(13)15/h3H,1,4-8H2,2H3. The number of nitrogens with zero attached hydrogens (tertiary/aromatic N) is 4. The Balaban J connectivity index is 2.04. The summed E-state index contributed by atoms with van der Waals surface area (Å²) in [4.78, 5) is 7.52. The molecule has 0 spiro atoms. The Bertz CT molecular complexity index is 846. The van der Waals surface area contributed by atoms with E-state index < -0.39 is 0 Å². The van der Waals surface area contributed by atoms with Gasteiger partial charge in [0.15, 0.2) is 10.8 Å². The smallest absolute Gasteiger partial charge is 0.197 e. The highest BCUT2D eigenvalue weighted by Gasteiger charge is 2.23. The van der Waals surface area contributed by atoms with Crippen LogP contribution in [0, 0.1) is 0 Å². The summed E-state index contributed by atoms with van der Waals surface area (Å²) in [5.41, 5.74) is 2.45. The Labute approximate surface area is 131 Å². The Morgan fingerprint density at radius 1 is 1.38 bits per heavy atom. The number of aryl methyl sites for hydroxylation is 3. The minimum Gasteiger partial charge on any atom is -0.257 e. The van der Waals surface area contributed by atoms with Gasteiger partial charge in [-0.3, -0.25) is 4.40 Å². The zero-order valence-electron chi connectivity index (χ0n) is 11.9. The molecule has 0 fully saturated rings. The van der Waals surface area contributed by atoms with Gasteiger partial charge in [-0.2, -0.15) is 0 Å². The molecular formula is C15H16N4S2. The van der Waals surface area contributed by atoms with Crippen LogP contribution in [0.2, 0.25) is 0 Å². The molecule has 4 nitrogen and oxygen atoms in total. The van der Waals surface area contributed by atoms with Crippen molar-refractivity contribution in [1.82, 2.24) is 19.6 Å². The summed E-state index contributed by atoms with van der Waals surface area (Å²) < 4.78 is 2.14. The molecule has 3 aromatic rings. The maximum atomic E-state index is 4.89. The van der Waals surface area contributed by atoms with Crippen molar-refractivity contribution >= 4 is 39.0 Å². The van der Waals surface area contributed by atoms with Crippen LogP contribution in [-0.2, 0) is 19.3 Å². The number of hydrogen-bond donors (Lipinski definition) is 0. The monoisotopic (exact) mass is 316 g/mol. The van der Waals surface area contributed by atoms with E-state index in [9.17, 15) is 0 Å². The first-order valence-corrected chi connectivity index (χ1v) is 9.05. The van der Waals surface area contributed by atoms with Crippen LogP contribution in [0.3, 0.4) is 0 Å². The second kappa shape index (κ2) is 5.10.